The third-order valence-corrected chi connectivity index (χ3v) is 5.78. The number of carboxylic acid groups (broad SMARTS) is 1. The molecular formula is C24H25N5O4. The summed E-state index contributed by atoms with van der Waals surface area (Å²) in [6.45, 7) is 6.20. The number of nitro groups is 1. The minimum absolute atomic E-state index is 0.00367. The van der Waals surface area contributed by atoms with Crippen molar-refractivity contribution in [3.63, 3.8) is 0 Å². The minimum atomic E-state index is -1.15. The molecule has 0 saturated carbocycles. The van der Waals surface area contributed by atoms with E-state index in [2.05, 4.69) is 41.0 Å². The molecule has 4 rings (SSSR count). The number of para-hydroxylation sites is 1. The highest BCUT2D eigenvalue weighted by atomic mass is 16.6. The summed E-state index contributed by atoms with van der Waals surface area (Å²) in [5.41, 5.74) is 3.00. The Morgan fingerprint density at radius 3 is 2.48 bits per heavy atom. The molecule has 1 unspecified atom stereocenters. The standard InChI is InChI=1S/C24H25N5O4/c1-24(2,3)20(17-12-25-18-7-5-4-6-16(17)18)21(28-23(30)31)22-26-13-19(27-22)14-8-10-15(11-9-14)29(32)33/h4-13,20-21,25,28H,1-3H3,(H,26,27)(H,30,31)/t20?,21-/m1/s1. The van der Waals surface area contributed by atoms with Gasteiger partial charge in [-0.15, -0.1) is 0 Å². The number of nitrogens with one attached hydrogen (secondary N) is 3. The first-order valence-corrected chi connectivity index (χ1v) is 10.5. The lowest BCUT2D eigenvalue weighted by atomic mass is 9.72. The summed E-state index contributed by atoms with van der Waals surface area (Å²) in [5, 5.41) is 24.3. The van der Waals surface area contributed by atoms with Gasteiger partial charge in [-0.2, -0.15) is 0 Å². The van der Waals surface area contributed by atoms with E-state index in [9.17, 15) is 20.0 Å². The van der Waals surface area contributed by atoms with Crippen LogP contribution in [0.25, 0.3) is 22.2 Å². The molecule has 9 heteroatoms. The second kappa shape index (κ2) is 8.42. The third kappa shape index (κ3) is 4.43. The summed E-state index contributed by atoms with van der Waals surface area (Å²) in [5.74, 6) is 0.219. The van der Waals surface area contributed by atoms with Gasteiger partial charge in [0.15, 0.2) is 0 Å². The third-order valence-electron chi connectivity index (χ3n) is 5.78. The fraction of sp³-hybridized carbons (Fsp3) is 0.250. The van der Waals surface area contributed by atoms with Crippen LogP contribution in [0.2, 0.25) is 0 Å². The van der Waals surface area contributed by atoms with Crippen LogP contribution in [0, 0.1) is 15.5 Å². The predicted octanol–water partition coefficient (Wildman–Crippen LogP) is 5.60. The summed E-state index contributed by atoms with van der Waals surface area (Å²) in [6.07, 6.45) is 2.39. The van der Waals surface area contributed by atoms with Crippen LogP contribution in [0.4, 0.5) is 10.5 Å². The van der Waals surface area contributed by atoms with E-state index >= 15 is 0 Å². The molecule has 2 heterocycles. The van der Waals surface area contributed by atoms with Crippen molar-refractivity contribution in [1.29, 1.82) is 0 Å². The number of aromatic nitrogens is 3. The van der Waals surface area contributed by atoms with E-state index in [1.54, 1.807) is 18.3 Å². The molecule has 0 bridgehead atoms. The number of benzene rings is 2. The zero-order valence-corrected chi connectivity index (χ0v) is 18.5. The van der Waals surface area contributed by atoms with Gasteiger partial charge in [-0.05, 0) is 29.2 Å². The van der Waals surface area contributed by atoms with E-state index in [0.29, 0.717) is 17.1 Å². The Hall–Kier alpha value is -4.14. The zero-order valence-electron chi connectivity index (χ0n) is 18.5. The molecule has 1 amide bonds. The Kier molecular flexibility index (Phi) is 5.63. The predicted molar refractivity (Wildman–Crippen MR) is 125 cm³/mol. The van der Waals surface area contributed by atoms with Gasteiger partial charge >= 0.3 is 6.09 Å². The molecule has 4 aromatic rings. The molecule has 4 N–H and O–H groups in total. The Balaban J connectivity index is 1.78. The number of carbonyl (C=O) groups is 1. The summed E-state index contributed by atoms with van der Waals surface area (Å²) >= 11 is 0. The fourth-order valence-electron chi connectivity index (χ4n) is 4.34. The lowest BCUT2D eigenvalue weighted by Gasteiger charge is -2.36. The van der Waals surface area contributed by atoms with Gasteiger partial charge in [-0.1, -0.05) is 39.0 Å². The summed E-state index contributed by atoms with van der Waals surface area (Å²) < 4.78 is 0. The van der Waals surface area contributed by atoms with E-state index in [0.717, 1.165) is 16.5 Å². The summed E-state index contributed by atoms with van der Waals surface area (Å²) in [6, 6.07) is 13.4. The van der Waals surface area contributed by atoms with Gasteiger partial charge in [-0.3, -0.25) is 10.1 Å². The number of amides is 1. The summed E-state index contributed by atoms with van der Waals surface area (Å²) in [7, 11) is 0. The average molecular weight is 447 g/mol. The van der Waals surface area contributed by atoms with E-state index in [-0.39, 0.29) is 17.0 Å². The Labute approximate surface area is 190 Å². The van der Waals surface area contributed by atoms with Crippen LogP contribution in [-0.2, 0) is 0 Å². The number of aromatic amines is 2. The number of hydrogen-bond acceptors (Lipinski definition) is 4. The fourth-order valence-corrected chi connectivity index (χ4v) is 4.34. The van der Waals surface area contributed by atoms with Crippen LogP contribution in [0.5, 0.6) is 0 Å². The first-order valence-electron chi connectivity index (χ1n) is 10.5. The quantitative estimate of drug-likeness (QED) is 0.225. The molecule has 170 valence electrons. The molecule has 0 radical (unpaired) electrons. The minimum Gasteiger partial charge on any atom is -0.465 e. The highest BCUT2D eigenvalue weighted by molar-refractivity contribution is 5.84. The summed E-state index contributed by atoms with van der Waals surface area (Å²) in [4.78, 5) is 33.3. The highest BCUT2D eigenvalue weighted by Gasteiger charge is 2.38. The van der Waals surface area contributed by atoms with Gasteiger partial charge < -0.3 is 20.4 Å². The first-order chi connectivity index (χ1) is 15.6. The molecule has 0 aliphatic rings. The molecule has 0 spiro atoms. The highest BCUT2D eigenvalue weighted by Crippen LogP contribution is 2.46. The lowest BCUT2D eigenvalue weighted by Crippen LogP contribution is -2.37. The Bertz CT molecular complexity index is 1300. The van der Waals surface area contributed by atoms with Crippen molar-refractivity contribution >= 4 is 22.7 Å². The van der Waals surface area contributed by atoms with Crippen molar-refractivity contribution in [2.24, 2.45) is 5.41 Å². The molecule has 2 aromatic carbocycles. The number of imidazole rings is 1. The van der Waals surface area contributed by atoms with Crippen molar-refractivity contribution in [2.45, 2.75) is 32.7 Å². The van der Waals surface area contributed by atoms with Gasteiger partial charge in [0.1, 0.15) is 5.82 Å². The first kappa shape index (κ1) is 22.1. The van der Waals surface area contributed by atoms with E-state index in [4.69, 9.17) is 0 Å². The number of nitrogens with zero attached hydrogens (tertiary/aromatic N) is 2. The molecule has 9 nitrogen and oxygen atoms in total. The number of non-ortho nitro benzene ring substituents is 1. The average Bonchev–Trinajstić information content (AvgIpc) is 3.40. The van der Waals surface area contributed by atoms with E-state index in [1.165, 1.54) is 12.1 Å². The maximum absolute atomic E-state index is 11.8. The smallest absolute Gasteiger partial charge is 0.405 e. The van der Waals surface area contributed by atoms with E-state index < -0.39 is 17.1 Å². The largest absolute Gasteiger partial charge is 0.465 e. The SMILES string of the molecule is CC(C)(C)C(c1c[nH]c2ccccc12)[C@@H](NC(=O)O)c1ncc(-c2ccc([N+](=O)[O-])cc2)[nH]1. The number of rotatable bonds is 6. The maximum Gasteiger partial charge on any atom is 0.405 e. The van der Waals surface area contributed by atoms with Crippen LogP contribution in [-0.4, -0.2) is 31.1 Å². The van der Waals surface area contributed by atoms with Crippen molar-refractivity contribution in [1.82, 2.24) is 20.3 Å². The Morgan fingerprint density at radius 1 is 1.15 bits per heavy atom. The molecule has 2 atom stereocenters. The van der Waals surface area contributed by atoms with Crippen molar-refractivity contribution in [3.05, 3.63) is 82.4 Å². The van der Waals surface area contributed by atoms with Crippen LogP contribution in [0.1, 0.15) is 44.1 Å². The zero-order chi connectivity index (χ0) is 23.8. The molecule has 0 aliphatic heterocycles. The molecular weight excluding hydrogens is 422 g/mol. The molecule has 33 heavy (non-hydrogen) atoms. The van der Waals surface area contributed by atoms with Crippen LogP contribution < -0.4 is 5.32 Å². The van der Waals surface area contributed by atoms with Crippen LogP contribution in [0.15, 0.2) is 60.9 Å². The maximum atomic E-state index is 11.8. The van der Waals surface area contributed by atoms with Gasteiger partial charge in [0.2, 0.25) is 0 Å². The molecule has 2 aromatic heterocycles. The molecule has 0 aliphatic carbocycles. The Morgan fingerprint density at radius 2 is 1.85 bits per heavy atom. The monoisotopic (exact) mass is 447 g/mol. The number of nitro benzene ring substituents is 1. The normalized spacial score (nSPS) is 13.5. The lowest BCUT2D eigenvalue weighted by molar-refractivity contribution is -0.384. The van der Waals surface area contributed by atoms with Crippen molar-refractivity contribution < 1.29 is 14.8 Å². The van der Waals surface area contributed by atoms with Gasteiger partial charge in [-0.25, -0.2) is 9.78 Å². The van der Waals surface area contributed by atoms with Gasteiger partial charge in [0.05, 0.1) is 22.9 Å². The van der Waals surface area contributed by atoms with Crippen molar-refractivity contribution in [2.75, 3.05) is 0 Å². The van der Waals surface area contributed by atoms with Crippen molar-refractivity contribution in [3.8, 4) is 11.3 Å². The van der Waals surface area contributed by atoms with Gasteiger partial charge in [0, 0.05) is 40.7 Å². The number of fused-ring (bicyclic) bond motifs is 1. The van der Waals surface area contributed by atoms with Crippen LogP contribution in [0.3, 0.4) is 0 Å². The van der Waals surface area contributed by atoms with Gasteiger partial charge in [0.25, 0.3) is 5.69 Å². The number of H-pyrrole nitrogens is 2. The second-order valence-corrected chi connectivity index (χ2v) is 9.05. The molecule has 0 saturated heterocycles. The topological polar surface area (TPSA) is 137 Å². The van der Waals surface area contributed by atoms with Crippen LogP contribution >= 0.6 is 0 Å². The number of hydrogen-bond donors (Lipinski definition) is 4. The second-order valence-electron chi connectivity index (χ2n) is 9.05. The van der Waals surface area contributed by atoms with E-state index in [1.807, 2.05) is 30.5 Å². The molecule has 0 fully saturated rings.